The van der Waals surface area contributed by atoms with E-state index in [0.29, 0.717) is 49.2 Å². The number of carbonyl (C=O) groups excluding carboxylic acids is 2. The summed E-state index contributed by atoms with van der Waals surface area (Å²) in [7, 11) is 1.72. The lowest BCUT2D eigenvalue weighted by atomic mass is 10.0. The number of aromatic nitrogens is 4. The maximum absolute atomic E-state index is 14.8. The number of fused-ring (bicyclic) bond motifs is 1. The molecule has 1 fully saturated rings. The molecule has 12 nitrogen and oxygen atoms in total. The average molecular weight is 538 g/mol. The largest absolute Gasteiger partial charge is 0.381 e. The number of ether oxygens (including phenoxy) is 1. The number of benzene rings is 1. The van der Waals surface area contributed by atoms with E-state index in [-0.39, 0.29) is 29.8 Å². The van der Waals surface area contributed by atoms with Gasteiger partial charge in [0.05, 0.1) is 29.7 Å². The van der Waals surface area contributed by atoms with Gasteiger partial charge in [-0.15, -0.1) is 0 Å². The Balaban J connectivity index is 1.40. The number of amides is 4. The van der Waals surface area contributed by atoms with E-state index in [1.165, 1.54) is 29.3 Å². The van der Waals surface area contributed by atoms with Gasteiger partial charge in [0.2, 0.25) is 5.95 Å². The van der Waals surface area contributed by atoms with Crippen LogP contribution in [0.4, 0.5) is 42.8 Å². The Kier molecular flexibility index (Phi) is 7.08. The quantitative estimate of drug-likeness (QED) is 0.440. The molecule has 0 radical (unpaired) electrons. The molecular weight excluding hydrogens is 505 g/mol. The van der Waals surface area contributed by atoms with Gasteiger partial charge in [0.25, 0.3) is 0 Å². The van der Waals surface area contributed by atoms with Crippen LogP contribution in [0.15, 0.2) is 36.8 Å². The van der Waals surface area contributed by atoms with Gasteiger partial charge in [-0.1, -0.05) is 0 Å². The van der Waals surface area contributed by atoms with Crippen LogP contribution in [-0.4, -0.2) is 58.1 Å². The lowest BCUT2D eigenvalue weighted by Gasteiger charge is -2.41. The SMILES string of the molecule is CNc1ncc2c(n1)N(C1CCOCC1)C(=O)N(c1ccc(F)c(NC(=O)Nc3cnn(C(C)(C)C)c3)c1)C2. The summed E-state index contributed by atoms with van der Waals surface area (Å²) in [5, 5.41) is 12.4. The predicted molar refractivity (Wildman–Crippen MR) is 146 cm³/mol. The summed E-state index contributed by atoms with van der Waals surface area (Å²) < 4.78 is 22.0. The molecule has 0 unspecified atom stereocenters. The number of anilines is 5. The van der Waals surface area contributed by atoms with Crippen LogP contribution in [0, 0.1) is 5.82 Å². The standard InChI is InChI=1S/C26H32FN9O3/c1-26(2,3)35-15-17(13-30-35)31-24(37)32-21-11-19(5-6-20(21)27)34-14-16-12-29-23(28-4)33-22(16)36(25(34)38)18-7-9-39-10-8-18/h5-6,11-13,15,18H,7-10,14H2,1-4H3,(H,28,29,33)(H2,31,32,37). The highest BCUT2D eigenvalue weighted by Gasteiger charge is 2.38. The normalized spacial score (nSPS) is 16.2. The summed E-state index contributed by atoms with van der Waals surface area (Å²) in [6.07, 6.45) is 6.24. The van der Waals surface area contributed by atoms with E-state index in [2.05, 4.69) is 31.0 Å². The number of urea groups is 2. The lowest BCUT2D eigenvalue weighted by molar-refractivity contribution is 0.0854. The molecule has 4 heterocycles. The van der Waals surface area contributed by atoms with Crippen molar-refractivity contribution in [2.75, 3.05) is 46.0 Å². The summed E-state index contributed by atoms with van der Waals surface area (Å²) in [5.41, 5.74) is 1.33. The lowest BCUT2D eigenvalue weighted by Crippen LogP contribution is -2.53. The molecule has 2 aliphatic rings. The second-order valence-electron chi connectivity index (χ2n) is 10.5. The highest BCUT2D eigenvalue weighted by Crippen LogP contribution is 2.35. The fourth-order valence-corrected chi connectivity index (χ4v) is 4.59. The van der Waals surface area contributed by atoms with Gasteiger partial charge < -0.3 is 20.7 Å². The topological polar surface area (TPSA) is 130 Å². The van der Waals surface area contributed by atoms with Gasteiger partial charge in [-0.05, 0) is 51.8 Å². The Bertz CT molecular complexity index is 1380. The first-order valence-corrected chi connectivity index (χ1v) is 12.8. The number of nitrogens with zero attached hydrogens (tertiary/aromatic N) is 6. The first-order valence-electron chi connectivity index (χ1n) is 12.8. The molecule has 0 aliphatic carbocycles. The van der Waals surface area contributed by atoms with E-state index in [9.17, 15) is 14.0 Å². The van der Waals surface area contributed by atoms with Crippen LogP contribution < -0.4 is 25.8 Å². The zero-order valence-electron chi connectivity index (χ0n) is 22.4. The number of hydrogen-bond donors (Lipinski definition) is 3. The average Bonchev–Trinajstić information content (AvgIpc) is 3.39. The summed E-state index contributed by atoms with van der Waals surface area (Å²) in [6, 6.07) is 3.16. The zero-order valence-corrected chi connectivity index (χ0v) is 22.4. The number of carbonyl (C=O) groups is 2. The van der Waals surface area contributed by atoms with Crippen molar-refractivity contribution >= 4 is 40.9 Å². The molecule has 0 saturated carbocycles. The van der Waals surface area contributed by atoms with Crippen molar-refractivity contribution in [3.05, 3.63) is 48.2 Å². The van der Waals surface area contributed by atoms with Gasteiger partial charge >= 0.3 is 12.1 Å². The van der Waals surface area contributed by atoms with Crippen molar-refractivity contribution in [3.8, 4) is 0 Å². The number of nitrogens with one attached hydrogen (secondary N) is 3. The number of rotatable bonds is 5. The molecule has 0 atom stereocenters. The van der Waals surface area contributed by atoms with Crippen molar-refractivity contribution in [2.45, 2.75) is 51.7 Å². The Morgan fingerprint density at radius 1 is 1.15 bits per heavy atom. The fourth-order valence-electron chi connectivity index (χ4n) is 4.59. The van der Waals surface area contributed by atoms with Crippen molar-refractivity contribution in [1.82, 2.24) is 19.7 Å². The molecule has 1 aromatic carbocycles. The van der Waals surface area contributed by atoms with Crippen molar-refractivity contribution in [2.24, 2.45) is 0 Å². The van der Waals surface area contributed by atoms with E-state index >= 15 is 0 Å². The van der Waals surface area contributed by atoms with E-state index in [1.54, 1.807) is 29.0 Å². The molecule has 13 heteroatoms. The molecule has 3 N–H and O–H groups in total. The third-order valence-electron chi connectivity index (χ3n) is 6.65. The summed E-state index contributed by atoms with van der Waals surface area (Å²) in [4.78, 5) is 38.7. The third kappa shape index (κ3) is 5.48. The first kappa shape index (κ1) is 26.4. The predicted octanol–water partition coefficient (Wildman–Crippen LogP) is 4.38. The second kappa shape index (κ2) is 10.5. The molecular formula is C26H32FN9O3. The first-order chi connectivity index (χ1) is 18.6. The maximum atomic E-state index is 14.8. The van der Waals surface area contributed by atoms with Gasteiger partial charge in [0, 0.05) is 49.9 Å². The van der Waals surface area contributed by atoms with E-state index in [0.717, 1.165) is 5.56 Å². The number of halogens is 1. The second-order valence-corrected chi connectivity index (χ2v) is 10.5. The maximum Gasteiger partial charge on any atom is 0.330 e. The Morgan fingerprint density at radius 2 is 1.92 bits per heavy atom. The van der Waals surface area contributed by atoms with Crippen LogP contribution in [0.2, 0.25) is 0 Å². The highest BCUT2D eigenvalue weighted by molar-refractivity contribution is 6.06. The molecule has 2 aromatic heterocycles. The van der Waals surface area contributed by atoms with Crippen LogP contribution in [0.3, 0.4) is 0 Å². The van der Waals surface area contributed by atoms with E-state index in [1.807, 2.05) is 20.8 Å². The van der Waals surface area contributed by atoms with Crippen LogP contribution in [-0.2, 0) is 16.8 Å². The summed E-state index contributed by atoms with van der Waals surface area (Å²) in [5.74, 6) is 0.338. The number of hydrogen-bond acceptors (Lipinski definition) is 7. The van der Waals surface area contributed by atoms with Gasteiger partial charge in [0.15, 0.2) is 0 Å². The minimum absolute atomic E-state index is 0.0637. The minimum Gasteiger partial charge on any atom is -0.381 e. The van der Waals surface area contributed by atoms with Crippen molar-refractivity contribution in [3.63, 3.8) is 0 Å². The fraction of sp³-hybridized carbons (Fsp3) is 0.423. The van der Waals surface area contributed by atoms with Crippen LogP contribution >= 0.6 is 0 Å². The monoisotopic (exact) mass is 537 g/mol. The molecule has 206 valence electrons. The van der Waals surface area contributed by atoms with E-state index in [4.69, 9.17) is 4.74 Å². The molecule has 39 heavy (non-hydrogen) atoms. The zero-order chi connectivity index (χ0) is 27.7. The summed E-state index contributed by atoms with van der Waals surface area (Å²) in [6.45, 7) is 7.24. The van der Waals surface area contributed by atoms with Crippen LogP contribution in [0.5, 0.6) is 0 Å². The molecule has 4 amide bonds. The minimum atomic E-state index is -0.633. The molecule has 1 saturated heterocycles. The van der Waals surface area contributed by atoms with E-state index < -0.39 is 11.8 Å². The Morgan fingerprint density at radius 3 is 2.62 bits per heavy atom. The summed E-state index contributed by atoms with van der Waals surface area (Å²) >= 11 is 0. The van der Waals surface area contributed by atoms with Gasteiger partial charge in [-0.25, -0.2) is 19.0 Å². The van der Waals surface area contributed by atoms with Crippen molar-refractivity contribution < 1.29 is 18.7 Å². The smallest absolute Gasteiger partial charge is 0.330 e. The molecule has 0 spiro atoms. The molecule has 2 aliphatic heterocycles. The Labute approximate surface area is 225 Å². The molecule has 0 bridgehead atoms. The highest BCUT2D eigenvalue weighted by atomic mass is 19.1. The molecule has 5 rings (SSSR count). The van der Waals surface area contributed by atoms with Gasteiger partial charge in [0.1, 0.15) is 11.6 Å². The Hall–Kier alpha value is -4.26. The third-order valence-corrected chi connectivity index (χ3v) is 6.65. The van der Waals surface area contributed by atoms with Gasteiger partial charge in [-0.3, -0.25) is 14.5 Å². The molecule has 3 aromatic rings. The van der Waals surface area contributed by atoms with Crippen molar-refractivity contribution in [1.29, 1.82) is 0 Å². The van der Waals surface area contributed by atoms with Gasteiger partial charge in [-0.2, -0.15) is 10.1 Å². The van der Waals surface area contributed by atoms with Crippen LogP contribution in [0.1, 0.15) is 39.2 Å². The van der Waals surface area contributed by atoms with Crippen LogP contribution in [0.25, 0.3) is 0 Å².